The molecule has 0 bridgehead atoms. The number of aromatic nitrogens is 2. The fourth-order valence-electron chi connectivity index (χ4n) is 3.52. The maximum absolute atomic E-state index is 12.8. The number of aryl methyl sites for hydroxylation is 1. The van der Waals surface area contributed by atoms with Crippen LogP contribution >= 0.6 is 23.2 Å². The molecule has 0 aliphatic heterocycles. The van der Waals surface area contributed by atoms with Crippen LogP contribution < -0.4 is 5.32 Å². The Bertz CT molecular complexity index is 1260. The van der Waals surface area contributed by atoms with Gasteiger partial charge in [-0.05, 0) is 44.8 Å². The van der Waals surface area contributed by atoms with Crippen LogP contribution in [0.1, 0.15) is 16.1 Å². The lowest BCUT2D eigenvalue weighted by atomic mass is 10.1. The summed E-state index contributed by atoms with van der Waals surface area (Å²) < 4.78 is 0. The largest absolute Gasteiger partial charge is 0.353 e. The summed E-state index contributed by atoms with van der Waals surface area (Å²) in [5.74, 6) is -0.206. The number of para-hydroxylation sites is 1. The van der Waals surface area contributed by atoms with E-state index in [2.05, 4.69) is 23.3 Å². The van der Waals surface area contributed by atoms with Crippen molar-refractivity contribution in [2.75, 3.05) is 27.2 Å². The maximum atomic E-state index is 12.8. The highest BCUT2D eigenvalue weighted by molar-refractivity contribution is 6.42. The van der Waals surface area contributed by atoms with Gasteiger partial charge in [0.05, 0.1) is 21.3 Å². The molecule has 0 aliphatic carbocycles. The van der Waals surface area contributed by atoms with Crippen LogP contribution in [0.15, 0.2) is 42.5 Å². The number of carbonyl (C=O) groups excluding carboxylic acids is 1. The molecule has 0 saturated carbocycles. The van der Waals surface area contributed by atoms with E-state index in [9.17, 15) is 4.79 Å². The van der Waals surface area contributed by atoms with E-state index in [0.717, 1.165) is 39.5 Å². The van der Waals surface area contributed by atoms with E-state index < -0.39 is 0 Å². The molecule has 0 unspecified atom stereocenters. The molecule has 2 aromatic carbocycles. The van der Waals surface area contributed by atoms with Gasteiger partial charge >= 0.3 is 0 Å². The molecule has 2 aromatic heterocycles. The van der Waals surface area contributed by atoms with Crippen LogP contribution in [0.4, 0.5) is 0 Å². The Morgan fingerprint density at radius 2 is 1.87 bits per heavy atom. The fourth-order valence-corrected chi connectivity index (χ4v) is 3.82. The molecular formula is C23H22Cl2N4O. The third-order valence-corrected chi connectivity index (χ3v) is 5.84. The number of nitrogens with one attached hydrogen (secondary N) is 2. The van der Waals surface area contributed by atoms with Crippen LogP contribution in [0.25, 0.3) is 33.1 Å². The van der Waals surface area contributed by atoms with Crippen molar-refractivity contribution in [1.29, 1.82) is 0 Å². The lowest BCUT2D eigenvalue weighted by Gasteiger charge is -2.11. The molecule has 0 spiro atoms. The van der Waals surface area contributed by atoms with E-state index in [1.165, 1.54) is 0 Å². The van der Waals surface area contributed by atoms with Crippen LogP contribution in [0.2, 0.25) is 10.0 Å². The first-order valence-corrected chi connectivity index (χ1v) is 10.4. The molecule has 0 fully saturated rings. The summed E-state index contributed by atoms with van der Waals surface area (Å²) in [5.41, 5.74) is 4.84. The van der Waals surface area contributed by atoms with Crippen molar-refractivity contribution in [3.05, 3.63) is 63.8 Å². The first-order chi connectivity index (χ1) is 14.3. The van der Waals surface area contributed by atoms with Gasteiger partial charge in [-0.15, -0.1) is 0 Å². The highest BCUT2D eigenvalue weighted by Gasteiger charge is 2.18. The number of fused-ring (bicyclic) bond motifs is 3. The summed E-state index contributed by atoms with van der Waals surface area (Å²) in [5, 5.41) is 5.86. The molecule has 4 rings (SSSR count). The smallest absolute Gasteiger partial charge is 0.269 e. The van der Waals surface area contributed by atoms with Gasteiger partial charge in [0, 0.05) is 34.9 Å². The highest BCUT2D eigenvalue weighted by atomic mass is 35.5. The van der Waals surface area contributed by atoms with Crippen LogP contribution in [0.3, 0.4) is 0 Å². The van der Waals surface area contributed by atoms with Crippen molar-refractivity contribution in [2.24, 2.45) is 0 Å². The number of pyridine rings is 1. The van der Waals surface area contributed by atoms with E-state index in [0.29, 0.717) is 28.0 Å². The number of likely N-dealkylation sites (N-methyl/N-ethyl adjacent to an activating group) is 1. The normalized spacial score (nSPS) is 11.5. The van der Waals surface area contributed by atoms with Gasteiger partial charge in [0.15, 0.2) is 0 Å². The molecule has 7 heteroatoms. The number of aromatic amines is 1. The predicted octanol–water partition coefficient (Wildman–Crippen LogP) is 5.29. The molecule has 30 heavy (non-hydrogen) atoms. The van der Waals surface area contributed by atoms with Gasteiger partial charge in [0.1, 0.15) is 5.69 Å². The number of hydrogen-bond donors (Lipinski definition) is 2. The Morgan fingerprint density at radius 1 is 1.07 bits per heavy atom. The van der Waals surface area contributed by atoms with E-state index >= 15 is 0 Å². The van der Waals surface area contributed by atoms with Crippen LogP contribution in [-0.4, -0.2) is 48.0 Å². The summed E-state index contributed by atoms with van der Waals surface area (Å²) in [6, 6.07) is 13.3. The second kappa shape index (κ2) is 8.26. The highest BCUT2D eigenvalue weighted by Crippen LogP contribution is 2.35. The van der Waals surface area contributed by atoms with Crippen LogP contribution in [0, 0.1) is 6.92 Å². The molecule has 0 atom stereocenters. The minimum atomic E-state index is -0.206. The first-order valence-electron chi connectivity index (χ1n) is 9.65. The average molecular weight is 441 g/mol. The zero-order chi connectivity index (χ0) is 21.4. The Labute approximate surface area is 185 Å². The molecule has 4 aromatic rings. The molecule has 0 radical (unpaired) electrons. The van der Waals surface area contributed by atoms with Crippen LogP contribution in [0.5, 0.6) is 0 Å². The Balaban J connectivity index is 1.91. The zero-order valence-corrected chi connectivity index (χ0v) is 18.5. The third kappa shape index (κ3) is 3.88. The van der Waals surface area contributed by atoms with Crippen molar-refractivity contribution in [3.8, 4) is 11.3 Å². The van der Waals surface area contributed by atoms with E-state index in [-0.39, 0.29) is 5.91 Å². The van der Waals surface area contributed by atoms with E-state index in [4.69, 9.17) is 28.2 Å². The standard InChI is InChI=1S/C23H22Cl2N4O/c1-13-5-4-6-15-16-12-19(23(30)26-9-10-29(2)3)27-21(22(16)28-20(13)15)14-7-8-17(24)18(25)11-14/h4-8,11-12,28H,9-10H2,1-3H3,(H,26,30). The number of nitrogens with zero attached hydrogens (tertiary/aromatic N) is 2. The summed E-state index contributed by atoms with van der Waals surface area (Å²) in [6.45, 7) is 3.35. The van der Waals surface area contributed by atoms with Gasteiger partial charge in [-0.1, -0.05) is 47.5 Å². The minimum Gasteiger partial charge on any atom is -0.353 e. The second-order valence-corrected chi connectivity index (χ2v) is 8.40. The minimum absolute atomic E-state index is 0.206. The molecule has 5 nitrogen and oxygen atoms in total. The van der Waals surface area contributed by atoms with Crippen molar-refractivity contribution in [2.45, 2.75) is 6.92 Å². The second-order valence-electron chi connectivity index (χ2n) is 7.59. The molecule has 2 N–H and O–H groups in total. The number of halogens is 2. The average Bonchev–Trinajstić information content (AvgIpc) is 3.09. The van der Waals surface area contributed by atoms with Crippen LogP contribution in [-0.2, 0) is 0 Å². The molecule has 154 valence electrons. The zero-order valence-electron chi connectivity index (χ0n) is 17.0. The van der Waals surface area contributed by atoms with Gasteiger partial charge in [-0.25, -0.2) is 4.98 Å². The molecule has 1 amide bonds. The number of amides is 1. The van der Waals surface area contributed by atoms with E-state index in [1.807, 2.05) is 43.3 Å². The Hall–Kier alpha value is -2.60. The number of carbonyl (C=O) groups is 1. The topological polar surface area (TPSA) is 61.0 Å². The quantitative estimate of drug-likeness (QED) is 0.443. The Kier molecular flexibility index (Phi) is 5.69. The predicted molar refractivity (Wildman–Crippen MR) is 125 cm³/mol. The maximum Gasteiger partial charge on any atom is 0.269 e. The molecule has 0 saturated heterocycles. The number of rotatable bonds is 5. The van der Waals surface area contributed by atoms with Gasteiger partial charge < -0.3 is 15.2 Å². The van der Waals surface area contributed by atoms with Gasteiger partial charge in [0.2, 0.25) is 0 Å². The fraction of sp³-hybridized carbons (Fsp3) is 0.217. The summed E-state index contributed by atoms with van der Waals surface area (Å²) in [4.78, 5) is 23.1. The SMILES string of the molecule is Cc1cccc2c1[nH]c1c(-c3ccc(Cl)c(Cl)c3)nc(C(=O)NCCN(C)C)cc12. The monoisotopic (exact) mass is 440 g/mol. The lowest BCUT2D eigenvalue weighted by molar-refractivity contribution is 0.0946. The number of benzene rings is 2. The van der Waals surface area contributed by atoms with Crippen molar-refractivity contribution >= 4 is 50.9 Å². The summed E-state index contributed by atoms with van der Waals surface area (Å²) >= 11 is 12.4. The molecular weight excluding hydrogens is 419 g/mol. The van der Waals surface area contributed by atoms with Crippen molar-refractivity contribution < 1.29 is 4.79 Å². The van der Waals surface area contributed by atoms with Gasteiger partial charge in [-0.3, -0.25) is 4.79 Å². The summed E-state index contributed by atoms with van der Waals surface area (Å²) in [6.07, 6.45) is 0. The van der Waals surface area contributed by atoms with Gasteiger partial charge in [-0.2, -0.15) is 0 Å². The molecule has 0 aliphatic rings. The summed E-state index contributed by atoms with van der Waals surface area (Å²) in [7, 11) is 3.93. The van der Waals surface area contributed by atoms with Crippen molar-refractivity contribution in [3.63, 3.8) is 0 Å². The lowest BCUT2D eigenvalue weighted by Crippen LogP contribution is -2.31. The number of hydrogen-bond acceptors (Lipinski definition) is 3. The Morgan fingerprint density at radius 3 is 2.60 bits per heavy atom. The third-order valence-electron chi connectivity index (χ3n) is 5.10. The van der Waals surface area contributed by atoms with Gasteiger partial charge in [0.25, 0.3) is 5.91 Å². The molecule has 2 heterocycles. The first kappa shape index (κ1) is 20.7. The van der Waals surface area contributed by atoms with Crippen molar-refractivity contribution in [1.82, 2.24) is 20.2 Å². The van der Waals surface area contributed by atoms with E-state index in [1.54, 1.807) is 12.1 Å². The number of H-pyrrole nitrogens is 1.